The van der Waals surface area contributed by atoms with E-state index in [0.717, 1.165) is 12.2 Å². The fourth-order valence-electron chi connectivity index (χ4n) is 2.40. The zero-order valence-electron chi connectivity index (χ0n) is 8.59. The molecule has 3 aliphatic rings. The maximum atomic E-state index is 9.00. The minimum absolute atomic E-state index is 0.0624. The summed E-state index contributed by atoms with van der Waals surface area (Å²) in [7, 11) is 0. The van der Waals surface area contributed by atoms with Crippen LogP contribution in [0.5, 0.6) is 0 Å². The summed E-state index contributed by atoms with van der Waals surface area (Å²) in [5.74, 6) is 0. The Labute approximate surface area is 93.1 Å². The van der Waals surface area contributed by atoms with Crippen molar-refractivity contribution in [3.05, 3.63) is 16.1 Å². The third-order valence-corrected chi connectivity index (χ3v) is 4.29. The third-order valence-electron chi connectivity index (χ3n) is 3.30. The van der Waals surface area contributed by atoms with Crippen LogP contribution in [0.3, 0.4) is 0 Å². The molecule has 4 heterocycles. The highest BCUT2D eigenvalue weighted by Crippen LogP contribution is 2.30. The summed E-state index contributed by atoms with van der Waals surface area (Å²) in [5, 5.41) is 12.1. The summed E-state index contributed by atoms with van der Waals surface area (Å²) >= 11 is 1.68. The fourth-order valence-corrected chi connectivity index (χ4v) is 3.33. The average Bonchev–Trinajstić information content (AvgIpc) is 2.79. The molecule has 1 aromatic heterocycles. The molecule has 2 bridgehead atoms. The number of fused-ring (bicyclic) bond motifs is 3. The molecule has 4 nitrogen and oxygen atoms in total. The topological polar surface area (TPSA) is 39.6 Å². The Morgan fingerprint density at radius 1 is 1.40 bits per heavy atom. The van der Waals surface area contributed by atoms with Crippen molar-refractivity contribution in [2.24, 2.45) is 0 Å². The lowest BCUT2D eigenvalue weighted by Crippen LogP contribution is -2.56. The number of nitrogens with zero attached hydrogens (tertiary/aromatic N) is 3. The number of rotatable bonds is 2. The number of hydrogen-bond donors (Lipinski definition) is 1. The molecule has 3 saturated heterocycles. The van der Waals surface area contributed by atoms with E-state index >= 15 is 0 Å². The molecule has 1 atom stereocenters. The Balaban J connectivity index is 1.81. The van der Waals surface area contributed by atoms with Gasteiger partial charge in [0, 0.05) is 38.1 Å². The van der Waals surface area contributed by atoms with Crippen LogP contribution < -0.4 is 0 Å². The number of aliphatic hydroxyl groups excluding tert-OH is 1. The van der Waals surface area contributed by atoms with E-state index in [1.54, 1.807) is 11.3 Å². The molecular formula is C10H15N3OS. The molecule has 1 unspecified atom stereocenters. The molecule has 15 heavy (non-hydrogen) atoms. The first-order chi connectivity index (χ1) is 7.36. The first-order valence-corrected chi connectivity index (χ1v) is 6.26. The highest BCUT2D eigenvalue weighted by molar-refractivity contribution is 7.09. The van der Waals surface area contributed by atoms with Crippen molar-refractivity contribution in [1.29, 1.82) is 0 Å². The second kappa shape index (κ2) is 3.83. The van der Waals surface area contributed by atoms with Crippen molar-refractivity contribution >= 4 is 11.3 Å². The maximum Gasteiger partial charge on any atom is 0.111 e. The largest absolute Gasteiger partial charge is 0.390 e. The van der Waals surface area contributed by atoms with Crippen LogP contribution in [0.4, 0.5) is 0 Å². The first kappa shape index (κ1) is 9.72. The molecule has 82 valence electrons. The van der Waals surface area contributed by atoms with Crippen LogP contribution in [-0.4, -0.2) is 52.6 Å². The van der Waals surface area contributed by atoms with E-state index in [1.807, 2.05) is 5.38 Å². The second-order valence-corrected chi connectivity index (χ2v) is 5.08. The van der Waals surface area contributed by atoms with Gasteiger partial charge in [-0.25, -0.2) is 4.98 Å². The van der Waals surface area contributed by atoms with Crippen molar-refractivity contribution in [3.63, 3.8) is 0 Å². The predicted octanol–water partition coefficient (Wildman–Crippen LogP) is 0.308. The lowest BCUT2D eigenvalue weighted by molar-refractivity contribution is 0.0121. The molecule has 3 aliphatic heterocycles. The highest BCUT2D eigenvalue weighted by atomic mass is 32.1. The van der Waals surface area contributed by atoms with E-state index in [0.29, 0.717) is 6.04 Å². The van der Waals surface area contributed by atoms with Gasteiger partial charge in [-0.1, -0.05) is 0 Å². The molecule has 0 spiro atoms. The van der Waals surface area contributed by atoms with E-state index in [9.17, 15) is 0 Å². The van der Waals surface area contributed by atoms with Crippen LogP contribution in [0.2, 0.25) is 0 Å². The molecule has 1 aromatic rings. The van der Waals surface area contributed by atoms with E-state index in [1.165, 1.54) is 31.2 Å². The van der Waals surface area contributed by atoms with Gasteiger partial charge < -0.3 is 5.11 Å². The SMILES string of the molecule is OCc1csc(C2CN3CCN2CC3)n1. The van der Waals surface area contributed by atoms with Crippen molar-refractivity contribution < 1.29 is 5.11 Å². The Kier molecular flexibility index (Phi) is 2.48. The summed E-state index contributed by atoms with van der Waals surface area (Å²) in [4.78, 5) is 9.49. The molecule has 5 heteroatoms. The summed E-state index contributed by atoms with van der Waals surface area (Å²) < 4.78 is 0. The van der Waals surface area contributed by atoms with E-state index in [-0.39, 0.29) is 6.61 Å². The molecule has 1 N–H and O–H groups in total. The summed E-state index contributed by atoms with van der Waals surface area (Å²) in [5.41, 5.74) is 0.813. The number of aromatic nitrogens is 1. The van der Waals surface area contributed by atoms with Crippen molar-refractivity contribution in [2.45, 2.75) is 12.6 Å². The quantitative estimate of drug-likeness (QED) is 0.786. The lowest BCUT2D eigenvalue weighted by Gasteiger charge is -2.46. The molecule has 4 rings (SSSR count). The summed E-state index contributed by atoms with van der Waals surface area (Å²) in [6.07, 6.45) is 0. The van der Waals surface area contributed by atoms with Gasteiger partial charge in [-0.3, -0.25) is 9.80 Å². The van der Waals surface area contributed by atoms with Gasteiger partial charge in [0.15, 0.2) is 0 Å². The smallest absolute Gasteiger partial charge is 0.111 e. The predicted molar refractivity (Wildman–Crippen MR) is 58.8 cm³/mol. The monoisotopic (exact) mass is 225 g/mol. The Morgan fingerprint density at radius 3 is 2.73 bits per heavy atom. The zero-order chi connectivity index (χ0) is 10.3. The molecule has 0 saturated carbocycles. The van der Waals surface area contributed by atoms with Gasteiger partial charge in [-0.2, -0.15) is 0 Å². The molecule has 0 radical (unpaired) electrons. The Bertz CT molecular complexity index is 346. The lowest BCUT2D eigenvalue weighted by atomic mass is 10.1. The van der Waals surface area contributed by atoms with E-state index in [2.05, 4.69) is 14.8 Å². The van der Waals surface area contributed by atoms with Gasteiger partial charge in [0.05, 0.1) is 18.3 Å². The standard InChI is InChI=1S/C10H15N3OS/c14-6-8-7-15-10(11-8)9-5-12-1-3-13(9)4-2-12/h7,9,14H,1-6H2. The van der Waals surface area contributed by atoms with Crippen LogP contribution in [0.1, 0.15) is 16.7 Å². The van der Waals surface area contributed by atoms with Gasteiger partial charge in [0.2, 0.25) is 0 Å². The van der Waals surface area contributed by atoms with Crippen molar-refractivity contribution in [2.75, 3.05) is 32.7 Å². The molecule has 0 aliphatic carbocycles. The minimum Gasteiger partial charge on any atom is -0.390 e. The number of aliphatic hydroxyl groups is 1. The van der Waals surface area contributed by atoms with Gasteiger partial charge in [-0.15, -0.1) is 11.3 Å². The third kappa shape index (κ3) is 1.69. The highest BCUT2D eigenvalue weighted by Gasteiger charge is 2.34. The Hall–Kier alpha value is -0.490. The van der Waals surface area contributed by atoms with Crippen LogP contribution >= 0.6 is 11.3 Å². The minimum atomic E-state index is 0.0624. The number of thiazole rings is 1. The van der Waals surface area contributed by atoms with Gasteiger partial charge in [0.1, 0.15) is 5.01 Å². The van der Waals surface area contributed by atoms with Crippen molar-refractivity contribution in [1.82, 2.24) is 14.8 Å². The average molecular weight is 225 g/mol. The van der Waals surface area contributed by atoms with Crippen LogP contribution in [0.25, 0.3) is 0 Å². The number of hydrogen-bond acceptors (Lipinski definition) is 5. The molecule has 0 amide bonds. The zero-order valence-corrected chi connectivity index (χ0v) is 9.41. The summed E-state index contributed by atoms with van der Waals surface area (Å²) in [6, 6.07) is 0.470. The van der Waals surface area contributed by atoms with Gasteiger partial charge >= 0.3 is 0 Å². The van der Waals surface area contributed by atoms with Crippen LogP contribution in [0.15, 0.2) is 5.38 Å². The van der Waals surface area contributed by atoms with E-state index < -0.39 is 0 Å². The van der Waals surface area contributed by atoms with Crippen LogP contribution in [-0.2, 0) is 6.61 Å². The number of piperazine rings is 3. The maximum absolute atomic E-state index is 9.00. The molecule has 3 fully saturated rings. The summed E-state index contributed by atoms with van der Waals surface area (Å²) in [6.45, 7) is 5.91. The second-order valence-electron chi connectivity index (χ2n) is 4.19. The normalized spacial score (nSPS) is 34.6. The van der Waals surface area contributed by atoms with Crippen LogP contribution in [0, 0.1) is 0 Å². The van der Waals surface area contributed by atoms with E-state index in [4.69, 9.17) is 5.11 Å². The fraction of sp³-hybridized carbons (Fsp3) is 0.700. The first-order valence-electron chi connectivity index (χ1n) is 5.38. The van der Waals surface area contributed by atoms with Gasteiger partial charge in [-0.05, 0) is 0 Å². The Morgan fingerprint density at radius 2 is 2.20 bits per heavy atom. The van der Waals surface area contributed by atoms with Crippen molar-refractivity contribution in [3.8, 4) is 0 Å². The molecular weight excluding hydrogens is 210 g/mol. The van der Waals surface area contributed by atoms with Gasteiger partial charge in [0.25, 0.3) is 0 Å². The molecule has 0 aromatic carbocycles.